The van der Waals surface area contributed by atoms with E-state index in [0.29, 0.717) is 11.9 Å². The first kappa shape index (κ1) is 14.2. The molecule has 106 valence electrons. The number of anilines is 2. The van der Waals surface area contributed by atoms with Crippen molar-refractivity contribution in [2.75, 3.05) is 5.32 Å². The quantitative estimate of drug-likeness (QED) is 0.852. The van der Waals surface area contributed by atoms with Gasteiger partial charge in [-0.15, -0.1) is 0 Å². The monoisotopic (exact) mass is 286 g/mol. The Hall–Kier alpha value is -2.22. The van der Waals surface area contributed by atoms with Crippen molar-refractivity contribution in [3.63, 3.8) is 0 Å². The maximum Gasteiger partial charge on any atom is 0.419 e. The molecule has 3 N–H and O–H groups in total. The Balaban J connectivity index is 2.34. The average molecular weight is 286 g/mol. The minimum atomic E-state index is -4.75. The largest absolute Gasteiger partial charge is 0.419 e. The second-order valence-corrected chi connectivity index (χ2v) is 3.85. The van der Waals surface area contributed by atoms with E-state index in [0.717, 1.165) is 6.07 Å². The second-order valence-electron chi connectivity index (χ2n) is 3.85. The van der Waals surface area contributed by atoms with Gasteiger partial charge in [0.1, 0.15) is 11.6 Å². The molecule has 0 unspecified atom stereocenters. The van der Waals surface area contributed by atoms with Crippen molar-refractivity contribution < 1.29 is 17.6 Å². The lowest BCUT2D eigenvalue weighted by atomic mass is 10.1. The minimum absolute atomic E-state index is 0.0700. The minimum Gasteiger partial charge on any atom is -0.338 e. The van der Waals surface area contributed by atoms with E-state index in [1.165, 1.54) is 18.3 Å². The van der Waals surface area contributed by atoms with Gasteiger partial charge in [-0.1, -0.05) is 6.07 Å². The van der Waals surface area contributed by atoms with Gasteiger partial charge in [0.05, 0.1) is 17.8 Å². The Bertz CT molecular complexity index is 613. The van der Waals surface area contributed by atoms with Crippen LogP contribution >= 0.6 is 0 Å². The summed E-state index contributed by atoms with van der Waals surface area (Å²) >= 11 is 0. The van der Waals surface area contributed by atoms with Crippen LogP contribution in [-0.2, 0) is 12.7 Å². The summed E-state index contributed by atoms with van der Waals surface area (Å²) in [6.07, 6.45) is -3.38. The van der Waals surface area contributed by atoms with Crippen LogP contribution in [-0.4, -0.2) is 9.97 Å². The molecule has 1 aromatic heterocycles. The summed E-state index contributed by atoms with van der Waals surface area (Å²) in [7, 11) is 0. The van der Waals surface area contributed by atoms with E-state index in [2.05, 4.69) is 15.3 Å². The number of hydrogen-bond donors (Lipinski definition) is 2. The van der Waals surface area contributed by atoms with Gasteiger partial charge in [0.15, 0.2) is 5.82 Å². The molecule has 4 nitrogen and oxygen atoms in total. The van der Waals surface area contributed by atoms with Crippen LogP contribution in [0.2, 0.25) is 0 Å². The fraction of sp³-hybridized carbons (Fsp3) is 0.167. The molecule has 0 radical (unpaired) electrons. The highest BCUT2D eigenvalue weighted by molar-refractivity contribution is 5.58. The van der Waals surface area contributed by atoms with Crippen molar-refractivity contribution in [3.8, 4) is 0 Å². The van der Waals surface area contributed by atoms with Crippen LogP contribution in [0.3, 0.4) is 0 Å². The van der Waals surface area contributed by atoms with Crippen molar-refractivity contribution in [3.05, 3.63) is 47.7 Å². The molecule has 1 heterocycles. The third-order valence-corrected chi connectivity index (χ3v) is 2.45. The molecule has 0 saturated heterocycles. The maximum absolute atomic E-state index is 13.8. The molecule has 2 rings (SSSR count). The summed E-state index contributed by atoms with van der Waals surface area (Å²) in [4.78, 5) is 7.75. The topological polar surface area (TPSA) is 63.8 Å². The van der Waals surface area contributed by atoms with Crippen LogP contribution in [0.5, 0.6) is 0 Å². The summed E-state index contributed by atoms with van der Waals surface area (Å²) in [5, 5.41) is 2.48. The van der Waals surface area contributed by atoms with Crippen molar-refractivity contribution >= 4 is 11.5 Å². The van der Waals surface area contributed by atoms with E-state index < -0.39 is 17.6 Å². The number of alkyl halides is 3. The Labute approximate surface area is 111 Å². The van der Waals surface area contributed by atoms with Gasteiger partial charge in [0.2, 0.25) is 0 Å². The molecule has 20 heavy (non-hydrogen) atoms. The zero-order valence-corrected chi connectivity index (χ0v) is 10.1. The van der Waals surface area contributed by atoms with Crippen molar-refractivity contribution in [2.45, 2.75) is 12.7 Å². The van der Waals surface area contributed by atoms with Crippen LogP contribution in [0.4, 0.5) is 29.1 Å². The zero-order chi connectivity index (χ0) is 14.8. The van der Waals surface area contributed by atoms with Crippen molar-refractivity contribution in [1.82, 2.24) is 9.97 Å². The van der Waals surface area contributed by atoms with Gasteiger partial charge < -0.3 is 11.1 Å². The van der Waals surface area contributed by atoms with Crippen LogP contribution in [0.15, 0.2) is 30.5 Å². The predicted octanol–water partition coefficient (Wildman–Crippen LogP) is 2.84. The lowest BCUT2D eigenvalue weighted by Gasteiger charge is -2.12. The molecule has 0 bridgehead atoms. The Morgan fingerprint density at radius 3 is 2.60 bits per heavy atom. The van der Waals surface area contributed by atoms with Crippen LogP contribution in [0.25, 0.3) is 0 Å². The van der Waals surface area contributed by atoms with E-state index in [-0.39, 0.29) is 18.1 Å². The lowest BCUT2D eigenvalue weighted by molar-refractivity contribution is -0.139. The highest BCUT2D eigenvalue weighted by Gasteiger charge is 2.34. The van der Waals surface area contributed by atoms with Crippen LogP contribution in [0, 0.1) is 5.82 Å². The van der Waals surface area contributed by atoms with E-state index in [9.17, 15) is 17.6 Å². The van der Waals surface area contributed by atoms with Crippen molar-refractivity contribution in [1.29, 1.82) is 0 Å². The van der Waals surface area contributed by atoms with Crippen LogP contribution < -0.4 is 11.1 Å². The van der Waals surface area contributed by atoms with Gasteiger partial charge in [-0.2, -0.15) is 13.2 Å². The standard InChI is InChI=1S/C12H10F4N4/c13-11-7(12(14,15)16)2-1-3-8(11)19-9-4-5-18-10(6-17)20-9/h1-5H,6,17H2,(H,18,19,20). The number of hydrogen-bond acceptors (Lipinski definition) is 4. The number of halogens is 4. The third-order valence-electron chi connectivity index (χ3n) is 2.45. The normalized spacial score (nSPS) is 11.4. The molecule has 8 heteroatoms. The first-order chi connectivity index (χ1) is 9.41. The highest BCUT2D eigenvalue weighted by Crippen LogP contribution is 2.34. The van der Waals surface area contributed by atoms with E-state index >= 15 is 0 Å². The van der Waals surface area contributed by atoms with Crippen molar-refractivity contribution in [2.24, 2.45) is 5.73 Å². The number of benzene rings is 1. The number of nitrogens with two attached hydrogens (primary N) is 1. The van der Waals surface area contributed by atoms with Gasteiger partial charge in [0.25, 0.3) is 0 Å². The summed E-state index contributed by atoms with van der Waals surface area (Å²) < 4.78 is 51.5. The number of aromatic nitrogens is 2. The summed E-state index contributed by atoms with van der Waals surface area (Å²) in [6, 6.07) is 4.37. The van der Waals surface area contributed by atoms with E-state index in [1.54, 1.807) is 0 Å². The van der Waals surface area contributed by atoms with Gasteiger partial charge in [-0.25, -0.2) is 14.4 Å². The van der Waals surface area contributed by atoms with E-state index in [1.807, 2.05) is 0 Å². The average Bonchev–Trinajstić information content (AvgIpc) is 2.40. The summed E-state index contributed by atoms with van der Waals surface area (Å²) in [5.74, 6) is -0.922. The molecule has 0 aliphatic rings. The predicted molar refractivity (Wildman–Crippen MR) is 64.6 cm³/mol. The molecule has 0 amide bonds. The van der Waals surface area contributed by atoms with Crippen LogP contribution in [0.1, 0.15) is 11.4 Å². The fourth-order valence-electron chi connectivity index (χ4n) is 1.55. The molecule has 0 spiro atoms. The van der Waals surface area contributed by atoms with Gasteiger partial charge in [-0.05, 0) is 18.2 Å². The molecule has 0 fully saturated rings. The molecule has 1 aromatic carbocycles. The molecular weight excluding hydrogens is 276 g/mol. The molecule has 0 aliphatic heterocycles. The third kappa shape index (κ3) is 3.02. The molecule has 0 saturated carbocycles. The summed E-state index contributed by atoms with van der Waals surface area (Å²) in [6.45, 7) is 0.0700. The number of nitrogens with one attached hydrogen (secondary N) is 1. The molecular formula is C12H10F4N4. The Morgan fingerprint density at radius 1 is 1.20 bits per heavy atom. The first-order valence-electron chi connectivity index (χ1n) is 5.56. The maximum atomic E-state index is 13.8. The zero-order valence-electron chi connectivity index (χ0n) is 10.1. The van der Waals surface area contributed by atoms with Gasteiger partial charge >= 0.3 is 6.18 Å². The second kappa shape index (κ2) is 5.41. The van der Waals surface area contributed by atoms with Gasteiger partial charge in [-0.3, -0.25) is 0 Å². The summed E-state index contributed by atoms with van der Waals surface area (Å²) in [5.41, 5.74) is 3.69. The SMILES string of the molecule is NCc1nccc(Nc2cccc(C(F)(F)F)c2F)n1. The highest BCUT2D eigenvalue weighted by atomic mass is 19.4. The first-order valence-corrected chi connectivity index (χ1v) is 5.56. The smallest absolute Gasteiger partial charge is 0.338 e. The molecule has 0 aliphatic carbocycles. The molecule has 0 atom stereocenters. The molecule has 2 aromatic rings. The lowest BCUT2D eigenvalue weighted by Crippen LogP contribution is -2.10. The Kier molecular flexibility index (Phi) is 3.84. The number of rotatable bonds is 3. The van der Waals surface area contributed by atoms with Gasteiger partial charge in [0, 0.05) is 6.20 Å². The fourth-order valence-corrected chi connectivity index (χ4v) is 1.55. The van der Waals surface area contributed by atoms with E-state index in [4.69, 9.17) is 5.73 Å². The number of nitrogens with zero attached hydrogens (tertiary/aromatic N) is 2. The Morgan fingerprint density at radius 2 is 1.95 bits per heavy atom.